The fourth-order valence-corrected chi connectivity index (χ4v) is 3.78. The maximum atomic E-state index is 12.2. The minimum atomic E-state index is -1.02. The highest BCUT2D eigenvalue weighted by atomic mass is 16.6. The summed E-state index contributed by atoms with van der Waals surface area (Å²) in [5.74, 6) is -1.49. The molecular formula is C24H42O7. The van der Waals surface area contributed by atoms with Gasteiger partial charge in [-0.25, -0.2) is 4.79 Å². The third-order valence-electron chi connectivity index (χ3n) is 5.76. The van der Waals surface area contributed by atoms with Crippen molar-refractivity contribution in [2.45, 2.75) is 128 Å². The van der Waals surface area contributed by atoms with E-state index in [1.54, 1.807) is 0 Å². The van der Waals surface area contributed by atoms with E-state index >= 15 is 0 Å². The van der Waals surface area contributed by atoms with Gasteiger partial charge in [-0.05, 0) is 32.1 Å². The Morgan fingerprint density at radius 3 is 1.90 bits per heavy atom. The van der Waals surface area contributed by atoms with Crippen molar-refractivity contribution in [1.29, 1.82) is 0 Å². The Kier molecular flexibility index (Phi) is 15.0. The number of carboxylic acids is 1. The summed E-state index contributed by atoms with van der Waals surface area (Å²) in [6, 6.07) is 0. The number of carbonyl (C=O) groups excluding carboxylic acids is 2. The van der Waals surface area contributed by atoms with Crippen molar-refractivity contribution < 1.29 is 33.7 Å². The number of carboxylic acid groups (broad SMARTS) is 1. The largest absolute Gasteiger partial charge is 0.479 e. The van der Waals surface area contributed by atoms with Crippen LogP contribution in [0.4, 0.5) is 0 Å². The van der Waals surface area contributed by atoms with Crippen LogP contribution in [-0.4, -0.2) is 48.4 Å². The Morgan fingerprint density at radius 2 is 1.39 bits per heavy atom. The standard InChI is InChI=1S/C24H42O7/c1-3-4-5-12-15-19(30-22(26)18-20-23(31-20)24(27)28)16-13-10-8-6-7-9-11-14-17-21(25)29-2/h19-20,23H,3-18H2,1-2H3,(H,27,28). The van der Waals surface area contributed by atoms with E-state index in [1.807, 2.05) is 0 Å². The molecule has 1 N–H and O–H groups in total. The molecule has 0 aliphatic carbocycles. The Hall–Kier alpha value is -1.63. The van der Waals surface area contributed by atoms with Gasteiger partial charge in [0.25, 0.3) is 0 Å². The average Bonchev–Trinajstić information content (AvgIpc) is 3.51. The van der Waals surface area contributed by atoms with Crippen molar-refractivity contribution >= 4 is 17.9 Å². The molecule has 1 saturated heterocycles. The van der Waals surface area contributed by atoms with Crippen LogP contribution >= 0.6 is 0 Å². The molecule has 7 heteroatoms. The zero-order valence-electron chi connectivity index (χ0n) is 19.4. The second-order valence-electron chi connectivity index (χ2n) is 8.54. The molecule has 3 unspecified atom stereocenters. The average molecular weight is 443 g/mol. The van der Waals surface area contributed by atoms with Gasteiger partial charge in [-0.2, -0.15) is 0 Å². The van der Waals surface area contributed by atoms with Crippen molar-refractivity contribution in [3.05, 3.63) is 0 Å². The van der Waals surface area contributed by atoms with Crippen LogP contribution in [0.2, 0.25) is 0 Å². The maximum absolute atomic E-state index is 12.2. The zero-order valence-corrected chi connectivity index (χ0v) is 19.4. The number of esters is 2. The quantitative estimate of drug-likeness (QED) is 0.157. The molecule has 1 rings (SSSR count). The lowest BCUT2D eigenvalue weighted by Gasteiger charge is -2.18. The Morgan fingerprint density at radius 1 is 0.839 bits per heavy atom. The number of carbonyl (C=O) groups is 3. The van der Waals surface area contributed by atoms with E-state index < -0.39 is 18.2 Å². The molecule has 1 heterocycles. The molecule has 1 aliphatic heterocycles. The SMILES string of the molecule is CCCCCCC(CCCCCCCCCCC(=O)OC)OC(=O)CC1OC1C(=O)O. The molecule has 0 saturated carbocycles. The van der Waals surface area contributed by atoms with E-state index in [1.165, 1.54) is 39.2 Å². The fourth-order valence-electron chi connectivity index (χ4n) is 3.78. The van der Waals surface area contributed by atoms with Crippen LogP contribution in [0.15, 0.2) is 0 Å². The Balaban J connectivity index is 2.14. The first-order valence-corrected chi connectivity index (χ1v) is 12.1. The number of hydrogen-bond donors (Lipinski definition) is 1. The van der Waals surface area contributed by atoms with Crippen LogP contribution in [0.5, 0.6) is 0 Å². The molecule has 180 valence electrons. The Bertz CT molecular complexity index is 520. The number of methoxy groups -OCH3 is 1. The predicted octanol–water partition coefficient (Wildman–Crippen LogP) is 5.18. The molecule has 0 aromatic carbocycles. The predicted molar refractivity (Wildman–Crippen MR) is 118 cm³/mol. The molecule has 1 fully saturated rings. The second-order valence-corrected chi connectivity index (χ2v) is 8.54. The molecular weight excluding hydrogens is 400 g/mol. The molecule has 0 aromatic rings. The highest BCUT2D eigenvalue weighted by Crippen LogP contribution is 2.26. The van der Waals surface area contributed by atoms with Gasteiger partial charge >= 0.3 is 17.9 Å². The summed E-state index contributed by atoms with van der Waals surface area (Å²) >= 11 is 0. The topological polar surface area (TPSA) is 102 Å². The number of unbranched alkanes of at least 4 members (excludes halogenated alkanes) is 10. The highest BCUT2D eigenvalue weighted by molar-refractivity contribution is 5.78. The normalized spacial score (nSPS) is 18.4. The fraction of sp³-hybridized carbons (Fsp3) is 0.875. The first kappa shape index (κ1) is 27.4. The lowest BCUT2D eigenvalue weighted by Crippen LogP contribution is -2.20. The van der Waals surface area contributed by atoms with Crippen molar-refractivity contribution in [1.82, 2.24) is 0 Å². The summed E-state index contributed by atoms with van der Waals surface area (Å²) in [5, 5.41) is 8.87. The molecule has 31 heavy (non-hydrogen) atoms. The van der Waals surface area contributed by atoms with Crippen LogP contribution in [0.1, 0.15) is 110 Å². The smallest absolute Gasteiger partial charge is 0.335 e. The van der Waals surface area contributed by atoms with E-state index in [9.17, 15) is 14.4 Å². The number of hydrogen-bond acceptors (Lipinski definition) is 6. The molecule has 0 amide bonds. The minimum absolute atomic E-state index is 0.0262. The van der Waals surface area contributed by atoms with Gasteiger partial charge in [-0.15, -0.1) is 0 Å². The molecule has 7 nitrogen and oxygen atoms in total. The van der Waals surface area contributed by atoms with Gasteiger partial charge < -0.3 is 19.3 Å². The van der Waals surface area contributed by atoms with Gasteiger partial charge in [0.2, 0.25) is 0 Å². The third-order valence-corrected chi connectivity index (χ3v) is 5.76. The molecule has 0 spiro atoms. The van der Waals surface area contributed by atoms with E-state index in [0.29, 0.717) is 6.42 Å². The summed E-state index contributed by atoms with van der Waals surface area (Å²) in [4.78, 5) is 34.0. The summed E-state index contributed by atoms with van der Waals surface area (Å²) in [6.45, 7) is 2.17. The summed E-state index contributed by atoms with van der Waals surface area (Å²) in [6.07, 6.45) is 14.2. The first-order valence-electron chi connectivity index (χ1n) is 12.1. The number of ether oxygens (including phenoxy) is 3. The van der Waals surface area contributed by atoms with Gasteiger partial charge in [0.05, 0.1) is 13.5 Å². The molecule has 0 bridgehead atoms. The second kappa shape index (κ2) is 17.0. The van der Waals surface area contributed by atoms with Crippen LogP contribution < -0.4 is 0 Å². The lowest BCUT2D eigenvalue weighted by atomic mass is 10.0. The zero-order chi connectivity index (χ0) is 22.9. The molecule has 1 aliphatic rings. The minimum Gasteiger partial charge on any atom is -0.479 e. The van der Waals surface area contributed by atoms with E-state index in [0.717, 1.165) is 57.8 Å². The van der Waals surface area contributed by atoms with Crippen LogP contribution in [-0.2, 0) is 28.6 Å². The van der Waals surface area contributed by atoms with Crippen LogP contribution in [0, 0.1) is 0 Å². The number of aliphatic carboxylic acids is 1. The number of rotatable bonds is 20. The van der Waals surface area contributed by atoms with E-state index in [2.05, 4.69) is 11.7 Å². The maximum Gasteiger partial charge on any atom is 0.335 e. The van der Waals surface area contributed by atoms with E-state index in [-0.39, 0.29) is 24.5 Å². The lowest BCUT2D eigenvalue weighted by molar-refractivity contribution is -0.150. The summed E-state index contributed by atoms with van der Waals surface area (Å²) in [7, 11) is 1.43. The third kappa shape index (κ3) is 14.1. The van der Waals surface area contributed by atoms with E-state index in [4.69, 9.17) is 14.6 Å². The monoisotopic (exact) mass is 442 g/mol. The van der Waals surface area contributed by atoms with Gasteiger partial charge in [-0.1, -0.05) is 64.7 Å². The number of epoxide rings is 1. The van der Waals surface area contributed by atoms with Gasteiger partial charge in [0.1, 0.15) is 12.2 Å². The van der Waals surface area contributed by atoms with Crippen molar-refractivity contribution in [3.8, 4) is 0 Å². The van der Waals surface area contributed by atoms with Gasteiger partial charge in [0.15, 0.2) is 6.10 Å². The Labute approximate surface area is 187 Å². The molecule has 0 aromatic heterocycles. The first-order chi connectivity index (χ1) is 15.0. The van der Waals surface area contributed by atoms with Crippen molar-refractivity contribution in [2.75, 3.05) is 7.11 Å². The van der Waals surface area contributed by atoms with Gasteiger partial charge in [-0.3, -0.25) is 9.59 Å². The highest BCUT2D eigenvalue weighted by Gasteiger charge is 2.46. The summed E-state index contributed by atoms with van der Waals surface area (Å²) < 4.78 is 15.3. The summed E-state index contributed by atoms with van der Waals surface area (Å²) in [5.41, 5.74) is 0. The van der Waals surface area contributed by atoms with Crippen LogP contribution in [0.25, 0.3) is 0 Å². The van der Waals surface area contributed by atoms with Crippen molar-refractivity contribution in [2.24, 2.45) is 0 Å². The van der Waals surface area contributed by atoms with Gasteiger partial charge in [0, 0.05) is 6.42 Å². The van der Waals surface area contributed by atoms with Crippen molar-refractivity contribution in [3.63, 3.8) is 0 Å². The van der Waals surface area contributed by atoms with Crippen LogP contribution in [0.3, 0.4) is 0 Å². The molecule has 0 radical (unpaired) electrons. The molecule has 3 atom stereocenters.